The molecule has 0 aliphatic carbocycles. The number of nitrogens with zero attached hydrogens (tertiary/aromatic N) is 1. The zero-order valence-corrected chi connectivity index (χ0v) is 8.04. The Balaban J connectivity index is 0. The molecule has 68 valence electrons. The van der Waals surface area contributed by atoms with Crippen molar-refractivity contribution in [2.45, 2.75) is 13.8 Å². The molecule has 1 aromatic rings. The van der Waals surface area contributed by atoms with Crippen molar-refractivity contribution in [3.8, 4) is 24.2 Å². The molecule has 1 aromatic heterocycles. The van der Waals surface area contributed by atoms with E-state index in [9.17, 15) is 0 Å². The first kappa shape index (κ1) is 13.8. The Morgan fingerprint density at radius 3 is 2.31 bits per heavy atom. The summed E-state index contributed by atoms with van der Waals surface area (Å²) in [7, 11) is 0. The average Bonchev–Trinajstić information content (AvgIpc) is 2.08. The van der Waals surface area contributed by atoms with Crippen molar-refractivity contribution in [1.82, 2.24) is 11.1 Å². The van der Waals surface area contributed by atoms with Gasteiger partial charge in [-0.25, -0.2) is 0 Å². The first-order valence-corrected chi connectivity index (χ1v) is 3.55. The molecule has 13 heavy (non-hydrogen) atoms. The van der Waals surface area contributed by atoms with Crippen LogP contribution in [0.1, 0.15) is 12.5 Å². The van der Waals surface area contributed by atoms with Crippen LogP contribution in [0.2, 0.25) is 0 Å². The quantitative estimate of drug-likeness (QED) is 0.613. The van der Waals surface area contributed by atoms with Crippen LogP contribution in [0.4, 0.5) is 0 Å². The molecule has 1 heterocycles. The molecule has 2 nitrogen and oxygen atoms in total. The summed E-state index contributed by atoms with van der Waals surface area (Å²) in [4.78, 5) is 3.88. The maximum absolute atomic E-state index is 4.72. The molecule has 0 amide bonds. The monoisotopic (exact) mass is 174 g/mol. The van der Waals surface area contributed by atoms with Gasteiger partial charge in [0.1, 0.15) is 0 Å². The van der Waals surface area contributed by atoms with Gasteiger partial charge in [-0.3, -0.25) is 4.98 Å². The maximum Gasteiger partial charge on any atom is 0.0297 e. The van der Waals surface area contributed by atoms with Gasteiger partial charge in [-0.1, -0.05) is 12.0 Å². The summed E-state index contributed by atoms with van der Waals surface area (Å²) in [5.41, 5.74) is 1.21. The van der Waals surface area contributed by atoms with Gasteiger partial charge in [0.05, 0.1) is 0 Å². The third-order valence-electron chi connectivity index (χ3n) is 1.01. The van der Waals surface area contributed by atoms with Gasteiger partial charge in [0, 0.05) is 12.4 Å². The van der Waals surface area contributed by atoms with E-state index in [0.717, 1.165) is 0 Å². The largest absolute Gasteiger partial charge is 0.344 e. The lowest BCUT2D eigenvalue weighted by molar-refractivity contribution is 1.27. The maximum atomic E-state index is 4.72. The summed E-state index contributed by atoms with van der Waals surface area (Å²) in [6.07, 6.45) is 8.32. The van der Waals surface area contributed by atoms with Crippen LogP contribution < -0.4 is 6.15 Å². The summed E-state index contributed by atoms with van der Waals surface area (Å²) in [5.74, 6) is 7.08. The number of rotatable bonds is 0. The minimum Gasteiger partial charge on any atom is -0.344 e. The van der Waals surface area contributed by atoms with Gasteiger partial charge in [-0.15, -0.1) is 6.42 Å². The van der Waals surface area contributed by atoms with Crippen LogP contribution >= 0.6 is 0 Å². The second-order valence-electron chi connectivity index (χ2n) is 2.05. The summed E-state index contributed by atoms with van der Waals surface area (Å²) in [5, 5.41) is 0. The molecule has 0 radical (unpaired) electrons. The van der Waals surface area contributed by atoms with E-state index in [0.29, 0.717) is 0 Å². The Kier molecular flexibility index (Phi) is 10.9. The number of hydrogen-bond donors (Lipinski definition) is 1. The first-order valence-electron chi connectivity index (χ1n) is 3.55. The van der Waals surface area contributed by atoms with Crippen molar-refractivity contribution in [3.05, 3.63) is 30.1 Å². The molecule has 0 aliphatic rings. The molecule has 2 heteroatoms. The molecule has 0 unspecified atom stereocenters. The van der Waals surface area contributed by atoms with E-state index in [4.69, 9.17) is 6.42 Å². The number of aryl methyl sites for hydroxylation is 1. The van der Waals surface area contributed by atoms with E-state index in [2.05, 4.69) is 22.7 Å². The molecular weight excluding hydrogens is 160 g/mol. The van der Waals surface area contributed by atoms with Crippen LogP contribution in [-0.4, -0.2) is 4.98 Å². The van der Waals surface area contributed by atoms with Gasteiger partial charge < -0.3 is 6.15 Å². The lowest BCUT2D eigenvalue weighted by Gasteiger charge is -1.82. The summed E-state index contributed by atoms with van der Waals surface area (Å²) < 4.78 is 0. The summed E-state index contributed by atoms with van der Waals surface area (Å²) >= 11 is 0. The van der Waals surface area contributed by atoms with Gasteiger partial charge in [0.15, 0.2) is 0 Å². The fourth-order valence-electron chi connectivity index (χ4n) is 0.520. The molecular formula is C11H14N2. The normalized spacial score (nSPS) is 5.92. The van der Waals surface area contributed by atoms with Crippen molar-refractivity contribution in [2.75, 3.05) is 0 Å². The third kappa shape index (κ3) is 10.2. The fraction of sp³-hybridized carbons (Fsp3) is 0.182. The Morgan fingerprint density at radius 1 is 1.46 bits per heavy atom. The van der Waals surface area contributed by atoms with Crippen LogP contribution in [0.3, 0.4) is 0 Å². The van der Waals surface area contributed by atoms with Crippen LogP contribution in [0.5, 0.6) is 0 Å². The minimum atomic E-state index is 0. The van der Waals surface area contributed by atoms with Gasteiger partial charge in [-0.2, -0.15) is 0 Å². The SMILES string of the molecule is C#CC#CC.Cc1cccnc1.N. The Hall–Kier alpha value is -1.77. The van der Waals surface area contributed by atoms with Crippen molar-refractivity contribution in [1.29, 1.82) is 0 Å². The van der Waals surface area contributed by atoms with Crippen LogP contribution in [0, 0.1) is 31.1 Å². The van der Waals surface area contributed by atoms with Gasteiger partial charge in [0.2, 0.25) is 0 Å². The smallest absolute Gasteiger partial charge is 0.0297 e. The summed E-state index contributed by atoms with van der Waals surface area (Å²) in [6.45, 7) is 3.73. The van der Waals surface area contributed by atoms with E-state index in [1.54, 1.807) is 13.1 Å². The highest BCUT2D eigenvalue weighted by Gasteiger charge is 1.73. The topological polar surface area (TPSA) is 47.9 Å². The van der Waals surface area contributed by atoms with E-state index >= 15 is 0 Å². The molecule has 0 saturated heterocycles. The van der Waals surface area contributed by atoms with E-state index in [1.807, 2.05) is 25.3 Å². The molecule has 0 atom stereocenters. The fourth-order valence-corrected chi connectivity index (χ4v) is 0.520. The number of terminal acetylenes is 1. The predicted molar refractivity (Wildman–Crippen MR) is 56.3 cm³/mol. The molecule has 0 saturated carbocycles. The number of pyridine rings is 1. The van der Waals surface area contributed by atoms with Gasteiger partial charge in [-0.05, 0) is 37.3 Å². The Bertz CT molecular complexity index is 298. The lowest BCUT2D eigenvalue weighted by atomic mass is 10.3. The molecule has 0 aromatic carbocycles. The van der Waals surface area contributed by atoms with Gasteiger partial charge >= 0.3 is 0 Å². The van der Waals surface area contributed by atoms with Crippen LogP contribution in [-0.2, 0) is 0 Å². The molecule has 0 aliphatic heterocycles. The van der Waals surface area contributed by atoms with Gasteiger partial charge in [0.25, 0.3) is 0 Å². The molecule has 1 rings (SSSR count). The number of aromatic nitrogens is 1. The van der Waals surface area contributed by atoms with E-state index in [-0.39, 0.29) is 6.15 Å². The highest BCUT2D eigenvalue weighted by molar-refractivity contribution is 5.20. The molecule has 0 spiro atoms. The molecule has 3 N–H and O–H groups in total. The standard InChI is InChI=1S/C6H7N.C5H4.H3N/c1-6-3-2-4-7-5-6;1-3-5-4-2;/h2-5H,1H3;1H,2H3;1H3. The van der Waals surface area contributed by atoms with Crippen LogP contribution in [0.15, 0.2) is 24.5 Å². The zero-order valence-electron chi connectivity index (χ0n) is 8.04. The minimum absolute atomic E-state index is 0. The first-order chi connectivity index (χ1) is 5.81. The van der Waals surface area contributed by atoms with Crippen molar-refractivity contribution < 1.29 is 0 Å². The molecule has 0 bridgehead atoms. The van der Waals surface area contributed by atoms with Crippen molar-refractivity contribution in [3.63, 3.8) is 0 Å². The zero-order chi connectivity index (χ0) is 9.23. The van der Waals surface area contributed by atoms with E-state index < -0.39 is 0 Å². The predicted octanol–water partition coefficient (Wildman–Crippen LogP) is 2.19. The third-order valence-corrected chi connectivity index (χ3v) is 1.01. The average molecular weight is 174 g/mol. The summed E-state index contributed by atoms with van der Waals surface area (Å²) in [6, 6.07) is 3.95. The highest BCUT2D eigenvalue weighted by Crippen LogP contribution is 1.88. The molecule has 0 fully saturated rings. The highest BCUT2D eigenvalue weighted by atomic mass is 14.6. The second-order valence-corrected chi connectivity index (χ2v) is 2.05. The Morgan fingerprint density at radius 2 is 2.15 bits per heavy atom. The second kappa shape index (κ2) is 10.2. The Labute approximate surface area is 80.0 Å². The van der Waals surface area contributed by atoms with Crippen molar-refractivity contribution >= 4 is 0 Å². The van der Waals surface area contributed by atoms with Crippen molar-refractivity contribution in [2.24, 2.45) is 0 Å². The lowest BCUT2D eigenvalue weighted by Crippen LogP contribution is -1.69. The number of hydrogen-bond acceptors (Lipinski definition) is 2. The van der Waals surface area contributed by atoms with E-state index in [1.165, 1.54) is 5.56 Å². The van der Waals surface area contributed by atoms with Crippen LogP contribution in [0.25, 0.3) is 0 Å².